The highest BCUT2D eigenvalue weighted by molar-refractivity contribution is 7.13. The first-order chi connectivity index (χ1) is 9.63. The summed E-state index contributed by atoms with van der Waals surface area (Å²) in [6.45, 7) is 2.25. The maximum atomic E-state index is 12.0. The zero-order valence-corrected chi connectivity index (χ0v) is 13.0. The molecule has 0 aliphatic rings. The topological polar surface area (TPSA) is 55.4 Å². The number of nitrogens with one attached hydrogen (secondary N) is 1. The first-order valence-corrected chi connectivity index (χ1v) is 8.02. The lowest BCUT2D eigenvalue weighted by atomic mass is 10.3. The van der Waals surface area contributed by atoms with Crippen LogP contribution in [0.15, 0.2) is 22.9 Å². The molecule has 2 rings (SSSR count). The van der Waals surface area contributed by atoms with Crippen LogP contribution in [0.25, 0.3) is 0 Å². The van der Waals surface area contributed by atoms with Crippen molar-refractivity contribution in [3.63, 3.8) is 0 Å². The molecule has 0 atom stereocenters. The predicted octanol–water partition coefficient (Wildman–Crippen LogP) is 3.47. The highest BCUT2D eigenvalue weighted by atomic mass is 35.5. The van der Waals surface area contributed by atoms with Gasteiger partial charge < -0.3 is 10.1 Å². The van der Waals surface area contributed by atoms with Gasteiger partial charge in [-0.1, -0.05) is 11.6 Å². The molecule has 0 fully saturated rings. The lowest BCUT2D eigenvalue weighted by Gasteiger charge is -2.05. The number of hydrogen-bond donors (Lipinski definition) is 1. The molecule has 2 aromatic heterocycles. The summed E-state index contributed by atoms with van der Waals surface area (Å²) in [6.07, 6.45) is 0. The van der Waals surface area contributed by atoms with E-state index in [1.165, 1.54) is 22.7 Å². The predicted molar refractivity (Wildman–Crippen MR) is 81.5 cm³/mol. The molecule has 0 saturated heterocycles. The molecule has 0 radical (unpaired) electrons. The molecule has 0 aromatic carbocycles. The summed E-state index contributed by atoms with van der Waals surface area (Å²) in [5, 5.41) is 6.52. The van der Waals surface area contributed by atoms with Crippen molar-refractivity contribution in [3.05, 3.63) is 37.7 Å². The van der Waals surface area contributed by atoms with Gasteiger partial charge in [0.05, 0.1) is 23.1 Å². The molecule has 106 valence electrons. The Morgan fingerprint density at radius 1 is 1.25 bits per heavy atom. The van der Waals surface area contributed by atoms with Crippen LogP contribution in [-0.2, 0) is 0 Å². The van der Waals surface area contributed by atoms with Crippen LogP contribution < -0.4 is 10.1 Å². The maximum Gasteiger partial charge on any atom is 0.265 e. The van der Waals surface area contributed by atoms with Gasteiger partial charge in [0, 0.05) is 0 Å². The van der Waals surface area contributed by atoms with Gasteiger partial charge in [-0.15, -0.1) is 22.7 Å². The second kappa shape index (κ2) is 6.88. The van der Waals surface area contributed by atoms with E-state index in [1.54, 1.807) is 22.9 Å². The Bertz CT molecular complexity index is 621. The normalized spacial score (nSPS) is 10.3. The number of hydrogen-bond acceptors (Lipinski definition) is 5. The molecule has 20 heavy (non-hydrogen) atoms. The van der Waals surface area contributed by atoms with Crippen LogP contribution in [0.2, 0.25) is 5.02 Å². The molecule has 0 saturated carbocycles. The molecule has 2 heterocycles. The Labute approximate surface area is 129 Å². The smallest absolute Gasteiger partial charge is 0.265 e. The lowest BCUT2D eigenvalue weighted by molar-refractivity contribution is 0.0906. The minimum atomic E-state index is -0.315. The molecular weight excluding hydrogens is 318 g/mol. The number of ether oxygens (including phenoxy) is 1. The van der Waals surface area contributed by atoms with E-state index in [-0.39, 0.29) is 18.2 Å². The molecule has 7 heteroatoms. The van der Waals surface area contributed by atoms with E-state index < -0.39 is 0 Å². The minimum Gasteiger partial charge on any atom is -0.492 e. The van der Waals surface area contributed by atoms with Crippen molar-refractivity contribution in [2.24, 2.45) is 0 Å². The number of amides is 1. The van der Waals surface area contributed by atoms with E-state index in [2.05, 4.69) is 5.32 Å². The number of carbonyl (C=O) groups excluding carboxylic acids is 2. The Kier molecular flexibility index (Phi) is 5.17. The Morgan fingerprint density at radius 3 is 2.60 bits per heavy atom. The number of rotatable bonds is 6. The van der Waals surface area contributed by atoms with E-state index in [9.17, 15) is 9.59 Å². The van der Waals surface area contributed by atoms with Gasteiger partial charge in [-0.05, 0) is 29.8 Å². The van der Waals surface area contributed by atoms with E-state index in [0.29, 0.717) is 27.1 Å². The molecule has 0 aliphatic heterocycles. The summed E-state index contributed by atoms with van der Waals surface area (Å²) >= 11 is 8.42. The molecule has 1 N–H and O–H groups in total. The third-order valence-electron chi connectivity index (χ3n) is 2.42. The van der Waals surface area contributed by atoms with Crippen molar-refractivity contribution in [1.29, 1.82) is 0 Å². The van der Waals surface area contributed by atoms with Crippen molar-refractivity contribution >= 4 is 46.0 Å². The van der Waals surface area contributed by atoms with Gasteiger partial charge in [0.25, 0.3) is 5.91 Å². The van der Waals surface area contributed by atoms with E-state index in [1.807, 2.05) is 6.92 Å². The van der Waals surface area contributed by atoms with Crippen LogP contribution >= 0.6 is 34.3 Å². The molecular formula is C13H12ClNO3S2. The number of thiophene rings is 2. The fraction of sp³-hybridized carbons (Fsp3) is 0.231. The summed E-state index contributed by atoms with van der Waals surface area (Å²) in [4.78, 5) is 24.8. The Hall–Kier alpha value is -1.37. The fourth-order valence-corrected chi connectivity index (χ4v) is 3.40. The van der Waals surface area contributed by atoms with Gasteiger partial charge in [0.2, 0.25) is 0 Å². The molecule has 0 spiro atoms. The standard InChI is InChI=1S/C13H12ClNO3S2/c1-2-18-10-4-6-20-12(10)13(17)15-7-9(16)11-8(14)3-5-19-11/h3-6H,2,7H2,1H3,(H,15,17). The van der Waals surface area contributed by atoms with Crippen LogP contribution in [0.3, 0.4) is 0 Å². The number of halogens is 1. The third kappa shape index (κ3) is 3.39. The van der Waals surface area contributed by atoms with Crippen molar-refractivity contribution in [3.8, 4) is 5.75 Å². The summed E-state index contributed by atoms with van der Waals surface area (Å²) in [6, 6.07) is 3.40. The van der Waals surface area contributed by atoms with E-state index >= 15 is 0 Å². The number of carbonyl (C=O) groups is 2. The third-order valence-corrected chi connectivity index (χ3v) is 4.69. The Balaban J connectivity index is 1.97. The van der Waals surface area contributed by atoms with Crippen molar-refractivity contribution in [2.45, 2.75) is 6.92 Å². The highest BCUT2D eigenvalue weighted by Crippen LogP contribution is 2.25. The van der Waals surface area contributed by atoms with Crippen LogP contribution in [0.1, 0.15) is 26.3 Å². The van der Waals surface area contributed by atoms with Crippen molar-refractivity contribution < 1.29 is 14.3 Å². The molecule has 0 bridgehead atoms. The van der Waals surface area contributed by atoms with Crippen LogP contribution in [0, 0.1) is 0 Å². The van der Waals surface area contributed by atoms with Gasteiger partial charge in [0.1, 0.15) is 10.6 Å². The second-order valence-electron chi connectivity index (χ2n) is 3.75. The monoisotopic (exact) mass is 329 g/mol. The number of ketones is 1. The van der Waals surface area contributed by atoms with Crippen LogP contribution in [0.5, 0.6) is 5.75 Å². The summed E-state index contributed by atoms with van der Waals surface area (Å²) < 4.78 is 5.34. The zero-order valence-electron chi connectivity index (χ0n) is 10.6. The SMILES string of the molecule is CCOc1ccsc1C(=O)NCC(=O)c1sccc1Cl. The first-order valence-electron chi connectivity index (χ1n) is 5.88. The van der Waals surface area contributed by atoms with E-state index in [0.717, 1.165) is 0 Å². The lowest BCUT2D eigenvalue weighted by Crippen LogP contribution is -2.29. The number of Topliss-reactive ketones (excluding diaryl/α,β-unsaturated/α-hetero) is 1. The average Bonchev–Trinajstić information content (AvgIpc) is 3.05. The summed E-state index contributed by atoms with van der Waals surface area (Å²) in [5.41, 5.74) is 0. The van der Waals surface area contributed by atoms with Gasteiger partial charge in [-0.2, -0.15) is 0 Å². The highest BCUT2D eigenvalue weighted by Gasteiger charge is 2.17. The van der Waals surface area contributed by atoms with Gasteiger partial charge >= 0.3 is 0 Å². The first kappa shape index (κ1) is 15.0. The van der Waals surface area contributed by atoms with Crippen LogP contribution in [-0.4, -0.2) is 24.8 Å². The van der Waals surface area contributed by atoms with Crippen LogP contribution in [0.4, 0.5) is 0 Å². The molecule has 0 unspecified atom stereocenters. The summed E-state index contributed by atoms with van der Waals surface area (Å²) in [5.74, 6) is 0.0222. The molecule has 1 amide bonds. The Morgan fingerprint density at radius 2 is 1.95 bits per heavy atom. The van der Waals surface area contributed by atoms with Gasteiger partial charge in [0.15, 0.2) is 5.78 Å². The van der Waals surface area contributed by atoms with Gasteiger partial charge in [-0.3, -0.25) is 9.59 Å². The van der Waals surface area contributed by atoms with Crippen molar-refractivity contribution in [1.82, 2.24) is 5.32 Å². The zero-order chi connectivity index (χ0) is 14.5. The van der Waals surface area contributed by atoms with Gasteiger partial charge in [-0.25, -0.2) is 0 Å². The summed E-state index contributed by atoms with van der Waals surface area (Å²) in [7, 11) is 0. The molecule has 4 nitrogen and oxygen atoms in total. The minimum absolute atomic E-state index is 0.0808. The fourth-order valence-electron chi connectivity index (χ4n) is 1.55. The second-order valence-corrected chi connectivity index (χ2v) is 5.99. The van der Waals surface area contributed by atoms with E-state index in [4.69, 9.17) is 16.3 Å². The largest absolute Gasteiger partial charge is 0.492 e. The van der Waals surface area contributed by atoms with Crippen molar-refractivity contribution in [2.75, 3.05) is 13.2 Å². The maximum absolute atomic E-state index is 12.0. The quantitative estimate of drug-likeness (QED) is 0.825. The molecule has 0 aliphatic carbocycles. The molecule has 2 aromatic rings. The average molecular weight is 330 g/mol.